The predicted molar refractivity (Wildman–Crippen MR) is 126 cm³/mol. The molecule has 0 fully saturated rings. The summed E-state index contributed by atoms with van der Waals surface area (Å²) in [4.78, 5) is 13.3. The van der Waals surface area contributed by atoms with Gasteiger partial charge < -0.3 is 10.1 Å². The number of aryl methyl sites for hydroxylation is 1. The van der Waals surface area contributed by atoms with E-state index in [1.54, 1.807) is 12.1 Å². The summed E-state index contributed by atoms with van der Waals surface area (Å²) in [6, 6.07) is 21.7. The van der Waals surface area contributed by atoms with Crippen molar-refractivity contribution in [3.8, 4) is 5.75 Å². The second kappa shape index (κ2) is 8.84. The molecule has 32 heavy (non-hydrogen) atoms. The van der Waals surface area contributed by atoms with Gasteiger partial charge in [0.2, 0.25) is 10.0 Å². The number of sulfonamides is 1. The molecular weight excluding hydrogens is 448 g/mol. The Morgan fingerprint density at radius 1 is 1.09 bits per heavy atom. The molecule has 1 heterocycles. The zero-order chi connectivity index (χ0) is 22.9. The van der Waals surface area contributed by atoms with E-state index in [0.29, 0.717) is 16.5 Å². The van der Waals surface area contributed by atoms with Gasteiger partial charge >= 0.3 is 0 Å². The number of anilines is 1. The first-order valence-electron chi connectivity index (χ1n) is 10.1. The number of carbonyl (C=O) groups is 1. The summed E-state index contributed by atoms with van der Waals surface area (Å²) in [5.41, 5.74) is 3.22. The molecule has 1 aliphatic rings. The fourth-order valence-corrected chi connectivity index (χ4v) is 4.88. The first-order valence-corrected chi connectivity index (χ1v) is 12.3. The molecule has 0 unspecified atom stereocenters. The van der Waals surface area contributed by atoms with E-state index in [1.165, 1.54) is 6.07 Å². The van der Waals surface area contributed by atoms with E-state index in [-0.39, 0.29) is 6.54 Å². The van der Waals surface area contributed by atoms with Crippen LogP contribution in [0.3, 0.4) is 0 Å². The van der Waals surface area contributed by atoms with E-state index < -0.39 is 28.1 Å². The predicted octanol–water partition coefficient (Wildman–Crippen LogP) is 4.08. The maximum atomic E-state index is 13.3. The Hall–Kier alpha value is -3.03. The molecule has 1 amide bonds. The highest BCUT2D eigenvalue weighted by Crippen LogP contribution is 2.37. The van der Waals surface area contributed by atoms with Crippen LogP contribution in [-0.4, -0.2) is 33.2 Å². The lowest BCUT2D eigenvalue weighted by Crippen LogP contribution is -2.51. The Morgan fingerprint density at radius 2 is 1.78 bits per heavy atom. The number of benzene rings is 3. The van der Waals surface area contributed by atoms with E-state index in [0.717, 1.165) is 27.3 Å². The van der Waals surface area contributed by atoms with Gasteiger partial charge in [-0.15, -0.1) is 0 Å². The molecule has 0 spiro atoms. The fraction of sp³-hybridized carbons (Fsp3) is 0.208. The summed E-state index contributed by atoms with van der Waals surface area (Å²) in [6.07, 6.45) is 0.0755. The molecule has 3 aromatic carbocycles. The first-order chi connectivity index (χ1) is 15.2. The fourth-order valence-electron chi connectivity index (χ4n) is 3.81. The number of rotatable bonds is 5. The molecule has 4 rings (SSSR count). The van der Waals surface area contributed by atoms with Crippen molar-refractivity contribution in [2.75, 3.05) is 17.1 Å². The largest absolute Gasteiger partial charge is 0.476 e. The molecule has 3 aromatic rings. The second-order valence-electron chi connectivity index (χ2n) is 7.72. The van der Waals surface area contributed by atoms with Crippen LogP contribution in [0.1, 0.15) is 22.7 Å². The lowest BCUT2D eigenvalue weighted by Gasteiger charge is -2.35. The van der Waals surface area contributed by atoms with Crippen LogP contribution >= 0.6 is 11.6 Å². The molecule has 1 N–H and O–H groups in total. The lowest BCUT2D eigenvalue weighted by atomic mass is 9.94. The summed E-state index contributed by atoms with van der Waals surface area (Å²) in [7, 11) is -3.65. The minimum Gasteiger partial charge on any atom is -0.476 e. The van der Waals surface area contributed by atoms with Crippen molar-refractivity contribution in [3.05, 3.63) is 94.5 Å². The molecule has 1 aliphatic heterocycles. The summed E-state index contributed by atoms with van der Waals surface area (Å²) in [6.45, 7) is 1.84. The number of hydrogen-bond acceptors (Lipinski definition) is 4. The van der Waals surface area contributed by atoms with Crippen LogP contribution < -0.4 is 14.4 Å². The van der Waals surface area contributed by atoms with Gasteiger partial charge in [-0.25, -0.2) is 8.42 Å². The highest BCUT2D eigenvalue weighted by molar-refractivity contribution is 7.92. The quantitative estimate of drug-likeness (QED) is 0.609. The minimum atomic E-state index is -3.65. The number of halogens is 1. The summed E-state index contributed by atoms with van der Waals surface area (Å²) >= 11 is 6.05. The summed E-state index contributed by atoms with van der Waals surface area (Å²) in [5, 5.41) is 3.44. The topological polar surface area (TPSA) is 75.7 Å². The van der Waals surface area contributed by atoms with Crippen molar-refractivity contribution >= 4 is 33.2 Å². The van der Waals surface area contributed by atoms with Crippen LogP contribution in [0.5, 0.6) is 5.75 Å². The molecule has 0 radical (unpaired) electrons. The van der Waals surface area contributed by atoms with E-state index in [4.69, 9.17) is 16.3 Å². The van der Waals surface area contributed by atoms with E-state index in [9.17, 15) is 13.2 Å². The van der Waals surface area contributed by atoms with E-state index in [1.807, 2.05) is 61.5 Å². The van der Waals surface area contributed by atoms with Crippen LogP contribution in [0.15, 0.2) is 72.8 Å². The molecule has 0 aromatic heterocycles. The highest BCUT2D eigenvalue weighted by Gasteiger charge is 2.36. The average Bonchev–Trinajstić information content (AvgIpc) is 2.77. The van der Waals surface area contributed by atoms with Gasteiger partial charge in [-0.05, 0) is 41.8 Å². The number of amides is 1. The second-order valence-corrected chi connectivity index (χ2v) is 10.1. The minimum absolute atomic E-state index is 0.146. The van der Waals surface area contributed by atoms with Crippen LogP contribution in [-0.2, 0) is 14.8 Å². The molecule has 8 heteroatoms. The number of carbonyl (C=O) groups excluding carboxylic acids is 1. The first kappa shape index (κ1) is 22.2. The van der Waals surface area contributed by atoms with Crippen LogP contribution in [0, 0.1) is 6.92 Å². The Bertz CT molecular complexity index is 1250. The van der Waals surface area contributed by atoms with Gasteiger partial charge in [0.1, 0.15) is 5.75 Å². The van der Waals surface area contributed by atoms with Crippen molar-refractivity contribution in [2.24, 2.45) is 0 Å². The van der Waals surface area contributed by atoms with Gasteiger partial charge in [0.25, 0.3) is 5.91 Å². The standard InChI is InChI=1S/C24H23ClN2O4S/c1-16-8-6-7-11-19(16)23(17-9-4-3-5-10-17)26-24(28)22-15-27(32(2,29)30)20-14-18(25)12-13-21(20)31-22/h3-14,22-23H,15H2,1-2H3,(H,26,28)/t22-,23-/m0/s1. The monoisotopic (exact) mass is 470 g/mol. The number of hydrogen-bond donors (Lipinski definition) is 1. The van der Waals surface area contributed by atoms with Crippen molar-refractivity contribution in [1.29, 1.82) is 0 Å². The molecule has 2 atom stereocenters. The summed E-state index contributed by atoms with van der Waals surface area (Å²) < 4.78 is 31.9. The SMILES string of the molecule is Cc1ccccc1[C@@H](NC(=O)[C@@H]1CN(S(C)(=O)=O)c2cc(Cl)ccc2O1)c1ccccc1. The van der Waals surface area contributed by atoms with E-state index >= 15 is 0 Å². The van der Waals surface area contributed by atoms with Crippen LogP contribution in [0.25, 0.3) is 0 Å². The maximum absolute atomic E-state index is 13.3. The van der Waals surface area contributed by atoms with Crippen LogP contribution in [0.2, 0.25) is 5.02 Å². The normalized spacial score (nSPS) is 16.6. The molecular formula is C24H23ClN2O4S. The molecule has 0 bridgehead atoms. The van der Waals surface area contributed by atoms with Gasteiger partial charge in [-0.3, -0.25) is 9.10 Å². The molecule has 0 saturated heterocycles. The van der Waals surface area contributed by atoms with Crippen molar-refractivity contribution in [2.45, 2.75) is 19.1 Å². The lowest BCUT2D eigenvalue weighted by molar-refractivity contribution is -0.128. The van der Waals surface area contributed by atoms with Crippen molar-refractivity contribution in [3.63, 3.8) is 0 Å². The van der Waals surface area contributed by atoms with Crippen molar-refractivity contribution in [1.82, 2.24) is 5.32 Å². The number of nitrogens with one attached hydrogen (secondary N) is 1. The molecule has 6 nitrogen and oxygen atoms in total. The van der Waals surface area contributed by atoms with Crippen molar-refractivity contribution < 1.29 is 17.9 Å². The Balaban J connectivity index is 1.67. The Kier molecular flexibility index (Phi) is 6.13. The van der Waals surface area contributed by atoms with Gasteiger partial charge in [0.05, 0.1) is 24.5 Å². The van der Waals surface area contributed by atoms with Crippen LogP contribution in [0.4, 0.5) is 5.69 Å². The van der Waals surface area contributed by atoms with Gasteiger partial charge in [0, 0.05) is 5.02 Å². The molecule has 0 saturated carbocycles. The third-order valence-electron chi connectivity index (χ3n) is 5.40. The number of fused-ring (bicyclic) bond motifs is 1. The third-order valence-corrected chi connectivity index (χ3v) is 6.78. The van der Waals surface area contributed by atoms with Gasteiger partial charge in [-0.1, -0.05) is 66.2 Å². The maximum Gasteiger partial charge on any atom is 0.263 e. The average molecular weight is 471 g/mol. The molecule has 166 valence electrons. The van der Waals surface area contributed by atoms with Gasteiger partial charge in [-0.2, -0.15) is 0 Å². The number of nitrogens with zero attached hydrogens (tertiary/aromatic N) is 1. The number of ether oxygens (including phenoxy) is 1. The Morgan fingerprint density at radius 3 is 2.47 bits per heavy atom. The zero-order valence-corrected chi connectivity index (χ0v) is 19.2. The third kappa shape index (κ3) is 4.59. The smallest absolute Gasteiger partial charge is 0.263 e. The Labute approximate surface area is 192 Å². The molecule has 0 aliphatic carbocycles. The zero-order valence-electron chi connectivity index (χ0n) is 17.7. The highest BCUT2D eigenvalue weighted by atomic mass is 35.5. The van der Waals surface area contributed by atoms with E-state index in [2.05, 4.69) is 5.32 Å². The van der Waals surface area contributed by atoms with Gasteiger partial charge in [0.15, 0.2) is 6.10 Å². The summed E-state index contributed by atoms with van der Waals surface area (Å²) in [5.74, 6) is -0.116.